The number of furan rings is 1. The van der Waals surface area contributed by atoms with Crippen molar-refractivity contribution < 1.29 is 13.7 Å². The van der Waals surface area contributed by atoms with Crippen molar-refractivity contribution in [2.45, 2.75) is 19.9 Å². The Balaban J connectivity index is 1.39. The maximum atomic E-state index is 12.2. The number of rotatable bonds is 6. The Hall–Kier alpha value is -4.27. The van der Waals surface area contributed by atoms with E-state index in [0.29, 0.717) is 23.0 Å². The summed E-state index contributed by atoms with van der Waals surface area (Å²) >= 11 is 0. The zero-order valence-electron chi connectivity index (χ0n) is 16.6. The zero-order valence-corrected chi connectivity index (χ0v) is 16.6. The highest BCUT2D eigenvalue weighted by Crippen LogP contribution is 2.26. The van der Waals surface area contributed by atoms with Gasteiger partial charge in [0.05, 0.1) is 11.8 Å². The number of carbonyl (C=O) groups excluding carboxylic acids is 1. The zero-order chi connectivity index (χ0) is 21.2. The summed E-state index contributed by atoms with van der Waals surface area (Å²) in [4.78, 5) is 16.7. The van der Waals surface area contributed by atoms with Crippen LogP contribution in [0.25, 0.3) is 33.9 Å². The summed E-state index contributed by atoms with van der Waals surface area (Å²) in [6.07, 6.45) is 2.43. The summed E-state index contributed by atoms with van der Waals surface area (Å²) in [5, 5.41) is 15.3. The van der Waals surface area contributed by atoms with Crippen LogP contribution < -0.4 is 5.32 Å². The Morgan fingerprint density at radius 3 is 2.87 bits per heavy atom. The molecule has 154 valence electrons. The second kappa shape index (κ2) is 7.86. The summed E-state index contributed by atoms with van der Waals surface area (Å²) in [7, 11) is 0. The lowest BCUT2D eigenvalue weighted by Crippen LogP contribution is -2.10. The van der Waals surface area contributed by atoms with Gasteiger partial charge in [-0.25, -0.2) is 4.68 Å². The number of benzene rings is 2. The average molecular weight is 414 g/mol. The van der Waals surface area contributed by atoms with Crippen LogP contribution >= 0.6 is 0 Å². The molecule has 0 fully saturated rings. The fourth-order valence-corrected chi connectivity index (χ4v) is 3.28. The van der Waals surface area contributed by atoms with Crippen molar-refractivity contribution in [3.63, 3.8) is 0 Å². The fourth-order valence-electron chi connectivity index (χ4n) is 3.28. The van der Waals surface area contributed by atoms with Crippen LogP contribution in [0.15, 0.2) is 69.8 Å². The van der Waals surface area contributed by atoms with Gasteiger partial charge in [-0.2, -0.15) is 4.98 Å². The predicted octanol–water partition coefficient (Wildman–Crippen LogP) is 4.40. The van der Waals surface area contributed by atoms with Gasteiger partial charge in [-0.05, 0) is 55.0 Å². The van der Waals surface area contributed by atoms with Crippen LogP contribution in [0.3, 0.4) is 0 Å². The molecule has 3 aromatic heterocycles. The number of amides is 1. The maximum Gasteiger partial charge on any atom is 0.291 e. The van der Waals surface area contributed by atoms with Gasteiger partial charge in [0.25, 0.3) is 11.8 Å². The van der Waals surface area contributed by atoms with Crippen LogP contribution in [0, 0.1) is 0 Å². The first kappa shape index (κ1) is 18.7. The van der Waals surface area contributed by atoms with E-state index in [2.05, 4.69) is 32.7 Å². The summed E-state index contributed by atoms with van der Waals surface area (Å²) < 4.78 is 12.5. The van der Waals surface area contributed by atoms with Crippen molar-refractivity contribution in [3.8, 4) is 22.8 Å². The number of hydrogen-bond acceptors (Lipinski definition) is 7. The normalized spacial score (nSPS) is 11.1. The molecule has 0 unspecified atom stereocenters. The van der Waals surface area contributed by atoms with E-state index in [4.69, 9.17) is 8.94 Å². The van der Waals surface area contributed by atoms with Crippen LogP contribution in [0.1, 0.15) is 23.9 Å². The van der Waals surface area contributed by atoms with Gasteiger partial charge in [-0.15, -0.1) is 5.10 Å². The molecule has 0 aliphatic rings. The van der Waals surface area contributed by atoms with Crippen LogP contribution in [-0.4, -0.2) is 31.0 Å². The van der Waals surface area contributed by atoms with Gasteiger partial charge < -0.3 is 14.3 Å². The van der Waals surface area contributed by atoms with E-state index in [1.54, 1.807) is 30.3 Å². The molecule has 0 bridgehead atoms. The molecule has 5 aromatic rings. The Bertz CT molecular complexity index is 1350. The Kier molecular flexibility index (Phi) is 4.75. The van der Waals surface area contributed by atoms with Crippen molar-refractivity contribution in [2.24, 2.45) is 0 Å². The molecule has 0 aliphatic heterocycles. The van der Waals surface area contributed by atoms with E-state index in [1.807, 2.05) is 28.9 Å². The predicted molar refractivity (Wildman–Crippen MR) is 113 cm³/mol. The molecule has 0 spiro atoms. The third-order valence-corrected chi connectivity index (χ3v) is 4.75. The average Bonchev–Trinajstić information content (AvgIpc) is 3.55. The fraction of sp³-hybridized carbons (Fsp3) is 0.136. The number of anilines is 1. The summed E-state index contributed by atoms with van der Waals surface area (Å²) in [5.41, 5.74) is 3.81. The molecule has 9 nitrogen and oxygen atoms in total. The number of carbonyl (C=O) groups is 1. The Morgan fingerprint density at radius 2 is 2.03 bits per heavy atom. The quantitative estimate of drug-likeness (QED) is 0.438. The van der Waals surface area contributed by atoms with E-state index in [1.165, 1.54) is 6.26 Å². The van der Waals surface area contributed by atoms with Crippen molar-refractivity contribution in [1.29, 1.82) is 0 Å². The number of aryl methyl sites for hydroxylation is 1. The van der Waals surface area contributed by atoms with Gasteiger partial charge in [0, 0.05) is 23.4 Å². The first-order valence-corrected chi connectivity index (χ1v) is 9.84. The molecule has 0 aliphatic carbocycles. The molecule has 0 atom stereocenters. The second-order valence-electron chi connectivity index (χ2n) is 6.95. The molecule has 1 amide bonds. The lowest BCUT2D eigenvalue weighted by atomic mass is 10.1. The summed E-state index contributed by atoms with van der Waals surface area (Å²) in [5.74, 6) is 0.695. The minimum Gasteiger partial charge on any atom is -0.459 e. The smallest absolute Gasteiger partial charge is 0.291 e. The third-order valence-electron chi connectivity index (χ3n) is 4.75. The van der Waals surface area contributed by atoms with E-state index in [-0.39, 0.29) is 11.7 Å². The highest BCUT2D eigenvalue weighted by molar-refractivity contribution is 6.02. The minimum atomic E-state index is -0.335. The van der Waals surface area contributed by atoms with E-state index >= 15 is 0 Å². The monoisotopic (exact) mass is 414 g/mol. The lowest BCUT2D eigenvalue weighted by Gasteiger charge is -2.04. The van der Waals surface area contributed by atoms with Gasteiger partial charge in [0.2, 0.25) is 5.82 Å². The van der Waals surface area contributed by atoms with Crippen molar-refractivity contribution >= 4 is 22.6 Å². The van der Waals surface area contributed by atoms with Crippen molar-refractivity contribution in [3.05, 3.63) is 66.6 Å². The molecule has 0 saturated heterocycles. The van der Waals surface area contributed by atoms with Crippen LogP contribution in [0.4, 0.5) is 5.69 Å². The molecule has 2 aromatic carbocycles. The van der Waals surface area contributed by atoms with Crippen LogP contribution in [0.2, 0.25) is 0 Å². The number of nitrogens with one attached hydrogen (secondary N) is 1. The molecule has 5 rings (SSSR count). The van der Waals surface area contributed by atoms with Crippen LogP contribution in [0.5, 0.6) is 0 Å². The number of nitrogens with zero attached hydrogens (tertiary/aromatic N) is 5. The van der Waals surface area contributed by atoms with Crippen LogP contribution in [-0.2, 0) is 6.54 Å². The molecule has 9 heteroatoms. The second-order valence-corrected chi connectivity index (χ2v) is 6.95. The highest BCUT2D eigenvalue weighted by Gasteiger charge is 2.14. The molecule has 0 saturated carbocycles. The number of fused-ring (bicyclic) bond motifs is 1. The van der Waals surface area contributed by atoms with Gasteiger partial charge in [0.15, 0.2) is 5.76 Å². The molecule has 31 heavy (non-hydrogen) atoms. The van der Waals surface area contributed by atoms with Gasteiger partial charge in [-0.1, -0.05) is 23.4 Å². The molecular weight excluding hydrogens is 396 g/mol. The Labute approximate surface area is 176 Å². The van der Waals surface area contributed by atoms with Crippen molar-refractivity contribution in [1.82, 2.24) is 25.1 Å². The lowest BCUT2D eigenvalue weighted by molar-refractivity contribution is 0.0996. The number of hydrogen-bond donors (Lipinski definition) is 1. The third kappa shape index (κ3) is 3.68. The first-order valence-electron chi connectivity index (χ1n) is 9.84. The van der Waals surface area contributed by atoms with Gasteiger partial charge in [0.1, 0.15) is 5.52 Å². The standard InChI is InChI=1S/C22H18N6O3/c1-2-10-28-18-9-8-14(13-17(18)25-27-28)20-24-22(31-26-20)15-5-3-6-16(12-15)23-21(29)19-7-4-11-30-19/h3-9,11-13H,2,10H2,1H3,(H,23,29). The minimum absolute atomic E-state index is 0.233. The van der Waals surface area contributed by atoms with E-state index in [0.717, 1.165) is 29.6 Å². The summed E-state index contributed by atoms with van der Waals surface area (Å²) in [6, 6.07) is 16.2. The molecule has 3 heterocycles. The van der Waals surface area contributed by atoms with E-state index < -0.39 is 0 Å². The largest absolute Gasteiger partial charge is 0.459 e. The molecular formula is C22H18N6O3. The van der Waals surface area contributed by atoms with Gasteiger partial charge in [-0.3, -0.25) is 4.79 Å². The maximum absolute atomic E-state index is 12.2. The first-order chi connectivity index (χ1) is 15.2. The van der Waals surface area contributed by atoms with Crippen molar-refractivity contribution in [2.75, 3.05) is 5.32 Å². The Morgan fingerprint density at radius 1 is 1.10 bits per heavy atom. The SMILES string of the molecule is CCCn1nnc2cc(-c3noc(-c4cccc(NC(=O)c5ccco5)c4)n3)ccc21. The van der Waals surface area contributed by atoms with Gasteiger partial charge >= 0.3 is 0 Å². The molecule has 0 radical (unpaired) electrons. The highest BCUT2D eigenvalue weighted by atomic mass is 16.5. The molecule has 1 N–H and O–H groups in total. The topological polar surface area (TPSA) is 112 Å². The summed E-state index contributed by atoms with van der Waals surface area (Å²) in [6.45, 7) is 2.91. The number of aromatic nitrogens is 5. The van der Waals surface area contributed by atoms with E-state index in [9.17, 15) is 4.79 Å².